The molecule has 4 rings (SSSR count). The number of H-pyrrole nitrogens is 1. The van der Waals surface area contributed by atoms with Crippen molar-refractivity contribution in [2.45, 2.75) is 53.0 Å². The van der Waals surface area contributed by atoms with Gasteiger partial charge in [-0.2, -0.15) is 0 Å². The molecule has 0 radical (unpaired) electrons. The van der Waals surface area contributed by atoms with Crippen LogP contribution < -0.4 is 10.1 Å². The number of methoxy groups -OCH3 is 1. The van der Waals surface area contributed by atoms with E-state index in [1.165, 1.54) is 19.3 Å². The van der Waals surface area contributed by atoms with E-state index in [2.05, 4.69) is 31.1 Å². The zero-order valence-electron chi connectivity index (χ0n) is 15.8. The predicted octanol–water partition coefficient (Wildman–Crippen LogP) is 4.43. The standard InChI is InChI=1S/C21H28N2O2/c1-12-16(14-7-6-8-15(25-5)17(14)22-12)18(24)23-19-20(2,3)13-9-10-21(19,4)11-13/h6-8,13,19,22H,9-11H2,1-5H3,(H,23,24). The molecular formula is C21H28N2O2. The largest absolute Gasteiger partial charge is 0.495 e. The van der Waals surface area contributed by atoms with Gasteiger partial charge in [0.2, 0.25) is 0 Å². The van der Waals surface area contributed by atoms with Gasteiger partial charge in [0.05, 0.1) is 18.2 Å². The number of nitrogens with one attached hydrogen (secondary N) is 2. The summed E-state index contributed by atoms with van der Waals surface area (Å²) in [6.07, 6.45) is 3.73. The predicted molar refractivity (Wildman–Crippen MR) is 100 cm³/mol. The number of carbonyl (C=O) groups is 1. The Kier molecular flexibility index (Phi) is 3.47. The number of carbonyl (C=O) groups excluding carboxylic acids is 1. The van der Waals surface area contributed by atoms with Crippen LogP contribution in [0.4, 0.5) is 0 Å². The summed E-state index contributed by atoms with van der Waals surface area (Å²) in [5, 5.41) is 4.35. The van der Waals surface area contributed by atoms with Gasteiger partial charge in [0.15, 0.2) is 0 Å². The van der Waals surface area contributed by atoms with Crippen molar-refractivity contribution in [1.29, 1.82) is 0 Å². The molecule has 2 saturated carbocycles. The van der Waals surface area contributed by atoms with Crippen LogP contribution in [0, 0.1) is 23.7 Å². The Balaban J connectivity index is 1.71. The third kappa shape index (κ3) is 2.22. The third-order valence-electron chi connectivity index (χ3n) is 6.98. The highest BCUT2D eigenvalue weighted by atomic mass is 16.5. The highest BCUT2D eigenvalue weighted by Gasteiger charge is 2.59. The van der Waals surface area contributed by atoms with Gasteiger partial charge in [0.1, 0.15) is 5.75 Å². The summed E-state index contributed by atoms with van der Waals surface area (Å²) in [6.45, 7) is 8.94. The van der Waals surface area contributed by atoms with Gasteiger partial charge in [0.25, 0.3) is 5.91 Å². The zero-order chi connectivity index (χ0) is 18.0. The molecule has 2 aliphatic carbocycles. The van der Waals surface area contributed by atoms with E-state index in [0.29, 0.717) is 5.92 Å². The molecule has 2 fully saturated rings. The van der Waals surface area contributed by atoms with Gasteiger partial charge in [-0.15, -0.1) is 0 Å². The maximum Gasteiger partial charge on any atom is 0.253 e. The number of rotatable bonds is 3. The van der Waals surface area contributed by atoms with E-state index in [0.717, 1.165) is 27.9 Å². The molecule has 0 aliphatic heterocycles. The number of hydrogen-bond acceptors (Lipinski definition) is 2. The van der Waals surface area contributed by atoms with E-state index in [1.54, 1.807) is 7.11 Å². The van der Waals surface area contributed by atoms with Crippen molar-refractivity contribution in [1.82, 2.24) is 10.3 Å². The Bertz CT molecular complexity index is 846. The minimum absolute atomic E-state index is 0.0313. The SMILES string of the molecule is COc1cccc2c(C(=O)NC3C4(C)CCC(C4)C3(C)C)c(C)[nH]c12. The second kappa shape index (κ2) is 5.26. The van der Waals surface area contributed by atoms with Crippen LogP contribution in [0.2, 0.25) is 0 Å². The Morgan fingerprint density at radius 3 is 2.72 bits per heavy atom. The summed E-state index contributed by atoms with van der Waals surface area (Å²) in [6, 6.07) is 6.07. The minimum Gasteiger partial charge on any atom is -0.495 e. The lowest BCUT2D eigenvalue weighted by Crippen LogP contribution is -2.52. The van der Waals surface area contributed by atoms with Gasteiger partial charge in [-0.05, 0) is 49.0 Å². The topological polar surface area (TPSA) is 54.1 Å². The first-order chi connectivity index (χ1) is 11.8. The van der Waals surface area contributed by atoms with Crippen molar-refractivity contribution in [2.24, 2.45) is 16.7 Å². The molecule has 1 heterocycles. The van der Waals surface area contributed by atoms with Gasteiger partial charge in [-0.25, -0.2) is 0 Å². The smallest absolute Gasteiger partial charge is 0.253 e. The van der Waals surface area contributed by atoms with Crippen LogP contribution in [0.1, 0.15) is 56.1 Å². The van der Waals surface area contributed by atoms with E-state index in [-0.39, 0.29) is 22.8 Å². The fraction of sp³-hybridized carbons (Fsp3) is 0.571. The van der Waals surface area contributed by atoms with Crippen LogP contribution in [0.25, 0.3) is 10.9 Å². The van der Waals surface area contributed by atoms with Crippen molar-refractivity contribution in [2.75, 3.05) is 7.11 Å². The molecule has 134 valence electrons. The normalized spacial score (nSPS) is 30.0. The fourth-order valence-electron chi connectivity index (χ4n) is 5.65. The first-order valence-electron chi connectivity index (χ1n) is 9.24. The molecule has 1 aromatic carbocycles. The van der Waals surface area contributed by atoms with E-state index < -0.39 is 0 Å². The van der Waals surface area contributed by atoms with Gasteiger partial charge in [0, 0.05) is 17.1 Å². The number of benzene rings is 1. The number of hydrogen-bond donors (Lipinski definition) is 2. The Hall–Kier alpha value is -1.97. The highest BCUT2D eigenvalue weighted by Crippen LogP contribution is 2.62. The van der Waals surface area contributed by atoms with Crippen LogP contribution in [-0.4, -0.2) is 24.0 Å². The van der Waals surface area contributed by atoms with Crippen LogP contribution in [0.15, 0.2) is 18.2 Å². The van der Waals surface area contributed by atoms with Crippen molar-refractivity contribution in [3.05, 3.63) is 29.5 Å². The van der Waals surface area contributed by atoms with Gasteiger partial charge in [-0.1, -0.05) is 32.9 Å². The molecule has 3 atom stereocenters. The number of amides is 1. The molecule has 1 amide bonds. The third-order valence-corrected chi connectivity index (χ3v) is 6.98. The van der Waals surface area contributed by atoms with Crippen LogP contribution in [0.3, 0.4) is 0 Å². The van der Waals surface area contributed by atoms with Crippen molar-refractivity contribution in [3.8, 4) is 5.75 Å². The van der Waals surface area contributed by atoms with Crippen LogP contribution in [-0.2, 0) is 0 Å². The van der Waals surface area contributed by atoms with Gasteiger partial charge < -0.3 is 15.0 Å². The molecule has 2 bridgehead atoms. The molecule has 2 aromatic rings. The number of ether oxygens (including phenoxy) is 1. The highest BCUT2D eigenvalue weighted by molar-refractivity contribution is 6.09. The number of aromatic nitrogens is 1. The second-order valence-corrected chi connectivity index (χ2v) is 8.83. The average Bonchev–Trinajstić information content (AvgIpc) is 3.16. The monoisotopic (exact) mass is 340 g/mol. The van der Waals surface area contributed by atoms with Gasteiger partial charge >= 0.3 is 0 Å². The molecule has 2 aliphatic rings. The Morgan fingerprint density at radius 2 is 2.08 bits per heavy atom. The maximum atomic E-state index is 13.2. The fourth-order valence-corrected chi connectivity index (χ4v) is 5.65. The number of para-hydroxylation sites is 1. The molecule has 25 heavy (non-hydrogen) atoms. The first kappa shape index (κ1) is 16.5. The lowest BCUT2D eigenvalue weighted by Gasteiger charge is -2.43. The molecule has 1 aromatic heterocycles. The summed E-state index contributed by atoms with van der Waals surface area (Å²) in [7, 11) is 1.66. The quantitative estimate of drug-likeness (QED) is 0.868. The molecule has 4 nitrogen and oxygen atoms in total. The summed E-state index contributed by atoms with van der Waals surface area (Å²) in [5.41, 5.74) is 2.91. The molecule has 4 heteroatoms. The lowest BCUT2D eigenvalue weighted by molar-refractivity contribution is 0.0738. The van der Waals surface area contributed by atoms with Gasteiger partial charge in [-0.3, -0.25) is 4.79 Å². The molecule has 3 unspecified atom stereocenters. The Labute approximate surface area is 149 Å². The lowest BCUT2D eigenvalue weighted by atomic mass is 9.68. The number of aromatic amines is 1. The van der Waals surface area contributed by atoms with E-state index in [4.69, 9.17) is 4.74 Å². The first-order valence-corrected chi connectivity index (χ1v) is 9.24. The van der Waals surface area contributed by atoms with Crippen molar-refractivity contribution in [3.63, 3.8) is 0 Å². The van der Waals surface area contributed by atoms with Crippen molar-refractivity contribution >= 4 is 16.8 Å². The summed E-state index contributed by atoms with van der Waals surface area (Å²) >= 11 is 0. The molecule has 2 N–H and O–H groups in total. The van der Waals surface area contributed by atoms with E-state index in [9.17, 15) is 4.79 Å². The zero-order valence-corrected chi connectivity index (χ0v) is 15.8. The number of aryl methyl sites for hydroxylation is 1. The van der Waals surface area contributed by atoms with Crippen LogP contribution >= 0.6 is 0 Å². The molecular weight excluding hydrogens is 312 g/mol. The van der Waals surface area contributed by atoms with E-state index in [1.807, 2.05) is 25.1 Å². The van der Waals surface area contributed by atoms with Crippen molar-refractivity contribution < 1.29 is 9.53 Å². The number of fused-ring (bicyclic) bond motifs is 3. The summed E-state index contributed by atoms with van der Waals surface area (Å²) < 4.78 is 5.44. The second-order valence-electron chi connectivity index (χ2n) is 8.83. The summed E-state index contributed by atoms with van der Waals surface area (Å²) in [5.74, 6) is 1.52. The minimum atomic E-state index is 0.0313. The average molecular weight is 340 g/mol. The van der Waals surface area contributed by atoms with Crippen LogP contribution in [0.5, 0.6) is 5.75 Å². The Morgan fingerprint density at radius 1 is 1.32 bits per heavy atom. The molecule has 0 spiro atoms. The maximum absolute atomic E-state index is 13.2. The van der Waals surface area contributed by atoms with E-state index >= 15 is 0 Å². The molecule has 0 saturated heterocycles. The summed E-state index contributed by atoms with van der Waals surface area (Å²) in [4.78, 5) is 16.6.